The Balaban J connectivity index is 1.95. The maximum absolute atomic E-state index is 5.74. The van der Waals surface area contributed by atoms with Crippen molar-refractivity contribution in [2.24, 2.45) is 5.92 Å². The van der Waals surface area contributed by atoms with Crippen molar-refractivity contribution in [3.05, 3.63) is 17.5 Å². The van der Waals surface area contributed by atoms with Crippen LogP contribution in [0, 0.1) is 5.92 Å². The molecule has 2 rings (SSSR count). The van der Waals surface area contributed by atoms with Crippen molar-refractivity contribution in [3.8, 4) is 0 Å². The minimum atomic E-state index is 0.101. The summed E-state index contributed by atoms with van der Waals surface area (Å²) < 4.78 is 5.74. The summed E-state index contributed by atoms with van der Waals surface area (Å²) in [5.74, 6) is 0.576. The Morgan fingerprint density at radius 3 is 2.81 bits per heavy atom. The van der Waals surface area contributed by atoms with Crippen LogP contribution in [0.5, 0.6) is 0 Å². The molecule has 1 unspecified atom stereocenters. The molecule has 1 N–H and O–H groups in total. The van der Waals surface area contributed by atoms with Gasteiger partial charge in [-0.25, -0.2) is 0 Å². The summed E-state index contributed by atoms with van der Waals surface area (Å²) in [6.07, 6.45) is 0. The number of ether oxygens (including phenoxy) is 1. The molecule has 1 aromatic heterocycles. The second-order valence-electron chi connectivity index (χ2n) is 7.47. The minimum absolute atomic E-state index is 0.101. The largest absolute Gasteiger partial charge is 0.380 e. The van der Waals surface area contributed by atoms with Crippen LogP contribution >= 0.6 is 0 Å². The van der Waals surface area contributed by atoms with Crippen molar-refractivity contribution in [1.29, 1.82) is 0 Å². The number of aromatic nitrogens is 2. The number of rotatable bonds is 4. The van der Waals surface area contributed by atoms with Crippen molar-refractivity contribution >= 4 is 0 Å². The zero-order valence-corrected chi connectivity index (χ0v) is 14.1. The number of H-pyrrole nitrogens is 1. The van der Waals surface area contributed by atoms with Crippen LogP contribution < -0.4 is 0 Å². The second kappa shape index (κ2) is 6.90. The fourth-order valence-electron chi connectivity index (χ4n) is 2.79. The van der Waals surface area contributed by atoms with Crippen LogP contribution in [0.1, 0.15) is 32.2 Å². The van der Waals surface area contributed by atoms with Gasteiger partial charge in [-0.2, -0.15) is 5.10 Å². The first kappa shape index (κ1) is 16.5. The van der Waals surface area contributed by atoms with E-state index in [1.165, 1.54) is 5.69 Å². The van der Waals surface area contributed by atoms with Crippen LogP contribution in [0.25, 0.3) is 0 Å². The molecule has 0 saturated carbocycles. The van der Waals surface area contributed by atoms with E-state index >= 15 is 0 Å². The average Bonchev–Trinajstić information content (AvgIpc) is 2.71. The Morgan fingerprint density at radius 1 is 1.43 bits per heavy atom. The van der Waals surface area contributed by atoms with Gasteiger partial charge in [0.1, 0.15) is 0 Å². The van der Waals surface area contributed by atoms with Gasteiger partial charge in [-0.1, -0.05) is 20.8 Å². The van der Waals surface area contributed by atoms with Crippen molar-refractivity contribution < 1.29 is 4.74 Å². The van der Waals surface area contributed by atoms with Crippen LogP contribution in [0.4, 0.5) is 0 Å². The first-order valence-electron chi connectivity index (χ1n) is 7.84. The van der Waals surface area contributed by atoms with Gasteiger partial charge in [0.2, 0.25) is 0 Å². The van der Waals surface area contributed by atoms with E-state index in [2.05, 4.69) is 60.9 Å². The Morgan fingerprint density at radius 2 is 2.19 bits per heavy atom. The second-order valence-corrected chi connectivity index (χ2v) is 7.47. The van der Waals surface area contributed by atoms with Crippen LogP contribution in [0.15, 0.2) is 6.07 Å². The lowest BCUT2D eigenvalue weighted by Gasteiger charge is -2.24. The number of nitrogens with zero attached hydrogens (tertiary/aromatic N) is 3. The lowest BCUT2D eigenvalue weighted by atomic mass is 9.92. The topological polar surface area (TPSA) is 44.4 Å². The van der Waals surface area contributed by atoms with E-state index in [0.717, 1.165) is 45.1 Å². The maximum Gasteiger partial charge on any atom is 0.0678 e. The average molecular weight is 294 g/mol. The van der Waals surface area contributed by atoms with E-state index in [1.54, 1.807) is 0 Å². The fraction of sp³-hybridized carbons (Fsp3) is 0.812. The molecular weight excluding hydrogens is 264 g/mol. The van der Waals surface area contributed by atoms with Gasteiger partial charge in [0.25, 0.3) is 0 Å². The molecule has 0 aromatic carbocycles. The standard InChI is InChI=1S/C16H30N4O/c1-16(2,3)15-8-14(17-18-15)11-20-6-7-21-12-13(10-20)9-19(4)5/h8,13H,6-7,9-12H2,1-5H3,(H,17,18). The summed E-state index contributed by atoms with van der Waals surface area (Å²) in [4.78, 5) is 4.71. The maximum atomic E-state index is 5.74. The summed E-state index contributed by atoms with van der Waals surface area (Å²) in [6.45, 7) is 12.4. The summed E-state index contributed by atoms with van der Waals surface area (Å²) in [5, 5.41) is 7.65. The van der Waals surface area contributed by atoms with Crippen molar-refractivity contribution in [2.75, 3.05) is 46.9 Å². The van der Waals surface area contributed by atoms with Crippen molar-refractivity contribution in [1.82, 2.24) is 20.0 Å². The van der Waals surface area contributed by atoms with Gasteiger partial charge in [-0.3, -0.25) is 10.00 Å². The molecule has 2 heterocycles. The molecule has 1 saturated heterocycles. The first-order chi connectivity index (χ1) is 9.84. The molecule has 0 bridgehead atoms. The molecule has 0 amide bonds. The number of aromatic amines is 1. The van der Waals surface area contributed by atoms with Gasteiger partial charge in [0.05, 0.1) is 18.9 Å². The van der Waals surface area contributed by atoms with Crippen molar-refractivity contribution in [3.63, 3.8) is 0 Å². The predicted octanol–water partition coefficient (Wildman–Crippen LogP) is 1.72. The molecule has 5 nitrogen and oxygen atoms in total. The number of hydrogen-bond acceptors (Lipinski definition) is 4. The van der Waals surface area contributed by atoms with Crippen LogP contribution in [-0.4, -0.2) is 66.9 Å². The Bertz CT molecular complexity index is 436. The molecular formula is C16H30N4O. The van der Waals surface area contributed by atoms with E-state index in [9.17, 15) is 0 Å². The van der Waals surface area contributed by atoms with E-state index in [-0.39, 0.29) is 5.41 Å². The highest BCUT2D eigenvalue weighted by Crippen LogP contribution is 2.21. The highest BCUT2D eigenvalue weighted by Gasteiger charge is 2.21. The molecule has 1 aliphatic heterocycles. The summed E-state index contributed by atoms with van der Waals surface area (Å²) in [6, 6.07) is 2.20. The molecule has 21 heavy (non-hydrogen) atoms. The highest BCUT2D eigenvalue weighted by atomic mass is 16.5. The molecule has 1 atom stereocenters. The normalized spacial score (nSPS) is 21.7. The first-order valence-corrected chi connectivity index (χ1v) is 7.84. The molecule has 0 spiro atoms. The van der Waals surface area contributed by atoms with Gasteiger partial charge in [-0.15, -0.1) is 0 Å². The van der Waals surface area contributed by atoms with Crippen LogP contribution in [0.2, 0.25) is 0 Å². The van der Waals surface area contributed by atoms with E-state index < -0.39 is 0 Å². The van der Waals surface area contributed by atoms with E-state index in [1.807, 2.05) is 0 Å². The minimum Gasteiger partial charge on any atom is -0.380 e. The molecule has 1 aromatic rings. The van der Waals surface area contributed by atoms with Crippen molar-refractivity contribution in [2.45, 2.75) is 32.7 Å². The third kappa shape index (κ3) is 5.09. The molecule has 1 aliphatic rings. The third-order valence-corrected chi connectivity index (χ3v) is 3.84. The summed E-state index contributed by atoms with van der Waals surface area (Å²) >= 11 is 0. The zero-order valence-electron chi connectivity index (χ0n) is 14.1. The van der Waals surface area contributed by atoms with Gasteiger partial charge in [-0.05, 0) is 20.2 Å². The van der Waals surface area contributed by atoms with E-state index in [4.69, 9.17) is 4.74 Å². The molecule has 0 aliphatic carbocycles. The predicted molar refractivity (Wildman–Crippen MR) is 85.4 cm³/mol. The monoisotopic (exact) mass is 294 g/mol. The lowest BCUT2D eigenvalue weighted by molar-refractivity contribution is 0.112. The smallest absolute Gasteiger partial charge is 0.0678 e. The Hall–Kier alpha value is -0.910. The molecule has 120 valence electrons. The fourth-order valence-corrected chi connectivity index (χ4v) is 2.79. The molecule has 1 fully saturated rings. The zero-order chi connectivity index (χ0) is 15.5. The number of hydrogen-bond donors (Lipinski definition) is 1. The van der Waals surface area contributed by atoms with Gasteiger partial charge in [0.15, 0.2) is 0 Å². The van der Waals surface area contributed by atoms with Crippen LogP contribution in [-0.2, 0) is 16.7 Å². The SMILES string of the molecule is CN(C)CC1COCCN(Cc2cc(C(C)(C)C)n[nH]2)C1. The summed E-state index contributed by atoms with van der Waals surface area (Å²) in [5.41, 5.74) is 2.43. The van der Waals surface area contributed by atoms with Crippen LogP contribution in [0.3, 0.4) is 0 Å². The van der Waals surface area contributed by atoms with Gasteiger partial charge >= 0.3 is 0 Å². The van der Waals surface area contributed by atoms with Gasteiger partial charge in [0, 0.05) is 43.2 Å². The van der Waals surface area contributed by atoms with Gasteiger partial charge < -0.3 is 9.64 Å². The quantitative estimate of drug-likeness (QED) is 0.918. The summed E-state index contributed by atoms with van der Waals surface area (Å²) in [7, 11) is 4.25. The van der Waals surface area contributed by atoms with E-state index in [0.29, 0.717) is 5.92 Å². The Labute approximate surface area is 128 Å². The molecule has 0 radical (unpaired) electrons. The lowest BCUT2D eigenvalue weighted by Crippen LogP contribution is -2.34. The molecule has 5 heteroatoms. The number of nitrogens with one attached hydrogen (secondary N) is 1. The third-order valence-electron chi connectivity index (χ3n) is 3.84. The Kier molecular flexibility index (Phi) is 5.41. The highest BCUT2D eigenvalue weighted by molar-refractivity contribution is 5.16.